The average Bonchev–Trinajstić information content (AvgIpc) is 2.52. The van der Waals surface area contributed by atoms with Gasteiger partial charge in [0.15, 0.2) is 10.5 Å². The third-order valence-corrected chi connectivity index (χ3v) is 2.52. The van der Waals surface area contributed by atoms with Crippen LogP contribution in [0.25, 0.3) is 5.57 Å². The van der Waals surface area contributed by atoms with Gasteiger partial charge in [0.2, 0.25) is 0 Å². The molecule has 3 heteroatoms. The molecule has 0 spiro atoms. The van der Waals surface area contributed by atoms with Crippen molar-refractivity contribution in [1.82, 2.24) is 0 Å². The van der Waals surface area contributed by atoms with Gasteiger partial charge in [-0.25, -0.2) is 0 Å². The fourth-order valence-corrected chi connectivity index (χ4v) is 1.78. The highest BCUT2D eigenvalue weighted by atomic mass is 79.9. The predicted octanol–water partition coefficient (Wildman–Crippen LogP) is 3.18. The maximum atomic E-state index is 11.1. The standard InChI is InChI=1S/C10H9BrO2/c11-10-5-4-9(13-10)7-2-1-3-8(12)6-7/h4-6H,1-3H2. The molecule has 68 valence electrons. The van der Waals surface area contributed by atoms with Crippen LogP contribution >= 0.6 is 15.9 Å². The first kappa shape index (κ1) is 8.75. The first-order chi connectivity index (χ1) is 6.25. The summed E-state index contributed by atoms with van der Waals surface area (Å²) in [7, 11) is 0. The van der Waals surface area contributed by atoms with E-state index in [-0.39, 0.29) is 5.78 Å². The Hall–Kier alpha value is -0.830. The van der Waals surface area contributed by atoms with Gasteiger partial charge in [0.1, 0.15) is 5.76 Å². The lowest BCUT2D eigenvalue weighted by Gasteiger charge is -2.08. The Balaban J connectivity index is 2.30. The van der Waals surface area contributed by atoms with Crippen LogP contribution in [0, 0.1) is 0 Å². The summed E-state index contributed by atoms with van der Waals surface area (Å²) in [5, 5.41) is 0. The zero-order valence-corrected chi connectivity index (χ0v) is 8.63. The van der Waals surface area contributed by atoms with Crippen molar-refractivity contribution in [2.45, 2.75) is 19.3 Å². The molecule has 0 saturated heterocycles. The number of allylic oxidation sites excluding steroid dienone is 2. The molecular weight excluding hydrogens is 232 g/mol. The number of carbonyl (C=O) groups excluding carboxylic acids is 1. The van der Waals surface area contributed by atoms with Crippen LogP contribution < -0.4 is 0 Å². The number of carbonyl (C=O) groups is 1. The van der Waals surface area contributed by atoms with Crippen LogP contribution in [0.15, 0.2) is 27.3 Å². The number of hydrogen-bond donors (Lipinski definition) is 0. The normalized spacial score (nSPS) is 17.3. The van der Waals surface area contributed by atoms with Crippen molar-refractivity contribution in [3.63, 3.8) is 0 Å². The van der Waals surface area contributed by atoms with Gasteiger partial charge in [-0.2, -0.15) is 0 Å². The van der Waals surface area contributed by atoms with Gasteiger partial charge in [-0.15, -0.1) is 0 Å². The molecule has 1 aliphatic carbocycles. The van der Waals surface area contributed by atoms with Crippen LogP contribution in [-0.4, -0.2) is 5.78 Å². The Morgan fingerprint density at radius 3 is 2.77 bits per heavy atom. The number of rotatable bonds is 1. The van der Waals surface area contributed by atoms with Gasteiger partial charge in [0.05, 0.1) is 0 Å². The maximum Gasteiger partial charge on any atom is 0.169 e. The number of furan rings is 1. The molecule has 2 nitrogen and oxygen atoms in total. The molecular formula is C10H9BrO2. The molecule has 0 saturated carbocycles. The molecule has 0 amide bonds. The molecule has 0 unspecified atom stereocenters. The fraction of sp³-hybridized carbons (Fsp3) is 0.300. The second kappa shape index (κ2) is 3.50. The van der Waals surface area contributed by atoms with Crippen molar-refractivity contribution in [1.29, 1.82) is 0 Å². The summed E-state index contributed by atoms with van der Waals surface area (Å²) in [6.45, 7) is 0. The molecule has 0 atom stereocenters. The molecule has 1 heterocycles. The molecule has 0 N–H and O–H groups in total. The lowest BCUT2D eigenvalue weighted by molar-refractivity contribution is -0.114. The first-order valence-corrected chi connectivity index (χ1v) is 5.04. The zero-order valence-electron chi connectivity index (χ0n) is 7.05. The van der Waals surface area contributed by atoms with Crippen LogP contribution in [0.4, 0.5) is 0 Å². The molecule has 0 fully saturated rings. The van der Waals surface area contributed by atoms with Crippen molar-refractivity contribution in [2.75, 3.05) is 0 Å². The summed E-state index contributed by atoms with van der Waals surface area (Å²) in [4.78, 5) is 11.1. The molecule has 0 aliphatic heterocycles. The van der Waals surface area contributed by atoms with E-state index in [4.69, 9.17) is 4.42 Å². The fourth-order valence-electron chi connectivity index (χ4n) is 1.47. The van der Waals surface area contributed by atoms with Crippen molar-refractivity contribution in [2.24, 2.45) is 0 Å². The minimum Gasteiger partial charge on any atom is -0.450 e. The van der Waals surface area contributed by atoms with E-state index < -0.39 is 0 Å². The van der Waals surface area contributed by atoms with E-state index in [1.54, 1.807) is 6.08 Å². The van der Waals surface area contributed by atoms with E-state index >= 15 is 0 Å². The maximum absolute atomic E-state index is 11.1. The Morgan fingerprint density at radius 1 is 1.31 bits per heavy atom. The van der Waals surface area contributed by atoms with Crippen LogP contribution in [0.1, 0.15) is 25.0 Å². The SMILES string of the molecule is O=C1C=C(c2ccc(Br)o2)CCC1. The zero-order chi connectivity index (χ0) is 9.26. The second-order valence-corrected chi connectivity index (χ2v) is 3.87. The smallest absolute Gasteiger partial charge is 0.169 e. The summed E-state index contributed by atoms with van der Waals surface area (Å²) >= 11 is 3.24. The highest BCUT2D eigenvalue weighted by Gasteiger charge is 2.13. The van der Waals surface area contributed by atoms with Gasteiger partial charge in [-0.3, -0.25) is 4.79 Å². The molecule has 0 aromatic carbocycles. The van der Waals surface area contributed by atoms with Gasteiger partial charge in [-0.05, 0) is 52.6 Å². The van der Waals surface area contributed by atoms with Crippen molar-refractivity contribution in [3.05, 3.63) is 28.6 Å². The van der Waals surface area contributed by atoms with E-state index in [1.807, 2.05) is 12.1 Å². The summed E-state index contributed by atoms with van der Waals surface area (Å²) in [5.41, 5.74) is 1.02. The summed E-state index contributed by atoms with van der Waals surface area (Å²) in [6.07, 6.45) is 4.23. The largest absolute Gasteiger partial charge is 0.450 e. The topological polar surface area (TPSA) is 30.2 Å². The van der Waals surface area contributed by atoms with E-state index in [2.05, 4.69) is 15.9 Å². The third kappa shape index (κ3) is 1.91. The summed E-state index contributed by atoms with van der Waals surface area (Å²) in [6, 6.07) is 3.73. The van der Waals surface area contributed by atoms with E-state index in [1.165, 1.54) is 0 Å². The Kier molecular flexibility index (Phi) is 2.36. The number of hydrogen-bond acceptors (Lipinski definition) is 2. The van der Waals surface area contributed by atoms with Crippen LogP contribution in [0.3, 0.4) is 0 Å². The van der Waals surface area contributed by atoms with Crippen molar-refractivity contribution < 1.29 is 9.21 Å². The highest BCUT2D eigenvalue weighted by Crippen LogP contribution is 2.28. The quantitative estimate of drug-likeness (QED) is 0.755. The van der Waals surface area contributed by atoms with Crippen LogP contribution in [0.5, 0.6) is 0 Å². The van der Waals surface area contributed by atoms with Crippen molar-refractivity contribution in [3.8, 4) is 0 Å². The molecule has 2 rings (SSSR count). The van der Waals surface area contributed by atoms with Crippen LogP contribution in [0.2, 0.25) is 0 Å². The number of ketones is 1. The number of halogens is 1. The van der Waals surface area contributed by atoms with E-state index in [0.717, 1.165) is 24.2 Å². The molecule has 1 aromatic heterocycles. The highest BCUT2D eigenvalue weighted by molar-refractivity contribution is 9.10. The van der Waals surface area contributed by atoms with E-state index in [9.17, 15) is 4.79 Å². The lowest BCUT2D eigenvalue weighted by atomic mass is 9.97. The average molecular weight is 241 g/mol. The summed E-state index contributed by atoms with van der Waals surface area (Å²) in [5.74, 6) is 1.01. The lowest BCUT2D eigenvalue weighted by Crippen LogP contribution is -2.01. The minimum absolute atomic E-state index is 0.203. The Labute approximate surface area is 84.7 Å². The second-order valence-electron chi connectivity index (χ2n) is 3.09. The van der Waals surface area contributed by atoms with Gasteiger partial charge < -0.3 is 4.42 Å². The van der Waals surface area contributed by atoms with E-state index in [0.29, 0.717) is 11.1 Å². The molecule has 1 aliphatic rings. The molecule has 0 radical (unpaired) electrons. The summed E-state index contributed by atoms with van der Waals surface area (Å²) < 4.78 is 6.08. The third-order valence-electron chi connectivity index (χ3n) is 2.09. The molecule has 0 bridgehead atoms. The monoisotopic (exact) mass is 240 g/mol. The van der Waals surface area contributed by atoms with Gasteiger partial charge >= 0.3 is 0 Å². The molecule has 1 aromatic rings. The van der Waals surface area contributed by atoms with Crippen LogP contribution in [-0.2, 0) is 4.79 Å². The minimum atomic E-state index is 0.203. The molecule has 13 heavy (non-hydrogen) atoms. The first-order valence-electron chi connectivity index (χ1n) is 4.25. The van der Waals surface area contributed by atoms with Crippen molar-refractivity contribution >= 4 is 27.3 Å². The predicted molar refractivity (Wildman–Crippen MR) is 53.2 cm³/mol. The Bertz CT molecular complexity index is 363. The van der Waals surface area contributed by atoms with Gasteiger partial charge in [-0.1, -0.05) is 0 Å². The van der Waals surface area contributed by atoms with Gasteiger partial charge in [0.25, 0.3) is 0 Å². The Morgan fingerprint density at radius 2 is 2.15 bits per heavy atom. The van der Waals surface area contributed by atoms with Gasteiger partial charge in [0, 0.05) is 6.42 Å².